The van der Waals surface area contributed by atoms with Crippen molar-refractivity contribution in [1.29, 1.82) is 10.5 Å². The molecule has 2 N–H and O–H groups in total. The summed E-state index contributed by atoms with van der Waals surface area (Å²) >= 11 is 0. The number of unbranched alkanes of at least 4 members (excludes halogenated alkanes) is 5. The van der Waals surface area contributed by atoms with Crippen LogP contribution >= 0.6 is 0 Å². The SMILES string of the molecule is N#C[C@@H]1C[C@H](F)CN1CC(=O)NC12CCC(C(=O)OCCCCCCCCOC(=O)C34CCC(NC(=O)CN5C[C@@H](F)C[C@H]5C#N)(CC3)CC4)(CC1)CC2. The molecule has 0 aromatic rings. The molecule has 0 radical (unpaired) electrons. The highest BCUT2D eigenvalue weighted by atomic mass is 19.1. The van der Waals surface area contributed by atoms with Crippen LogP contribution in [0.5, 0.6) is 0 Å². The van der Waals surface area contributed by atoms with E-state index < -0.39 is 35.3 Å². The minimum absolute atomic E-state index is 0.0200. The summed E-state index contributed by atoms with van der Waals surface area (Å²) in [6.07, 6.45) is 12.1. The van der Waals surface area contributed by atoms with Gasteiger partial charge in [0.1, 0.15) is 24.4 Å². The third kappa shape index (κ3) is 9.18. The zero-order chi connectivity index (χ0) is 38.4. The first-order valence-corrected chi connectivity index (χ1v) is 20.4. The zero-order valence-electron chi connectivity index (χ0n) is 31.7. The van der Waals surface area contributed by atoms with Crippen molar-refractivity contribution in [1.82, 2.24) is 20.4 Å². The van der Waals surface area contributed by atoms with Gasteiger partial charge in [-0.2, -0.15) is 10.5 Å². The maximum atomic E-state index is 13.8. The van der Waals surface area contributed by atoms with E-state index in [4.69, 9.17) is 9.47 Å². The molecule has 2 heterocycles. The summed E-state index contributed by atoms with van der Waals surface area (Å²) in [4.78, 5) is 55.1. The highest BCUT2D eigenvalue weighted by Crippen LogP contribution is 2.54. The Morgan fingerprint density at radius 2 is 0.907 bits per heavy atom. The number of nitrogens with zero attached hydrogens (tertiary/aromatic N) is 4. The van der Waals surface area contributed by atoms with E-state index in [0.29, 0.717) is 90.3 Å². The Bertz CT molecular complexity index is 1320. The molecule has 0 aromatic heterocycles. The smallest absolute Gasteiger partial charge is 0.312 e. The Morgan fingerprint density at radius 3 is 1.24 bits per heavy atom. The predicted molar refractivity (Wildman–Crippen MR) is 193 cm³/mol. The van der Waals surface area contributed by atoms with Crippen LogP contribution in [0.3, 0.4) is 0 Å². The summed E-state index contributed by atoms with van der Waals surface area (Å²) in [5.74, 6) is -0.609. The quantitative estimate of drug-likeness (QED) is 0.157. The molecule has 2 amide bonds. The summed E-state index contributed by atoms with van der Waals surface area (Å²) in [6.45, 7) is 1.06. The highest BCUT2D eigenvalue weighted by molar-refractivity contribution is 5.81. The molecule has 4 atom stereocenters. The highest BCUT2D eigenvalue weighted by Gasteiger charge is 2.55. The first-order chi connectivity index (χ1) is 25.9. The molecular weight excluding hydrogens is 698 g/mol. The number of likely N-dealkylation sites (tertiary alicyclic amines) is 2. The Balaban J connectivity index is 0.782. The zero-order valence-corrected chi connectivity index (χ0v) is 31.7. The molecule has 4 bridgehead atoms. The van der Waals surface area contributed by atoms with E-state index in [2.05, 4.69) is 22.8 Å². The van der Waals surface area contributed by atoms with E-state index in [-0.39, 0.29) is 73.9 Å². The molecule has 8 fully saturated rings. The molecule has 0 spiro atoms. The number of nitrogens with one attached hydrogen (secondary N) is 2. The van der Waals surface area contributed by atoms with Gasteiger partial charge in [0.15, 0.2) is 0 Å². The second-order valence-corrected chi connectivity index (χ2v) is 17.4. The first kappa shape index (κ1) is 40.3. The van der Waals surface area contributed by atoms with E-state index in [9.17, 15) is 38.5 Å². The summed E-state index contributed by atoms with van der Waals surface area (Å²) in [5.41, 5.74) is -1.62. The summed E-state index contributed by atoms with van der Waals surface area (Å²) in [6, 6.07) is 3.05. The number of ether oxygens (including phenoxy) is 2. The Kier molecular flexibility index (Phi) is 12.8. The van der Waals surface area contributed by atoms with Gasteiger partial charge in [-0.1, -0.05) is 25.7 Å². The molecular formula is C40H58F2N6O6. The number of alkyl halides is 2. The van der Waals surface area contributed by atoms with Gasteiger partial charge in [-0.05, 0) is 89.9 Å². The van der Waals surface area contributed by atoms with Crippen LogP contribution in [0, 0.1) is 33.5 Å². The van der Waals surface area contributed by atoms with Crippen molar-refractivity contribution in [3.63, 3.8) is 0 Å². The number of hydrogen-bond donors (Lipinski definition) is 2. The topological polar surface area (TPSA) is 165 Å². The largest absolute Gasteiger partial charge is 0.465 e. The van der Waals surface area contributed by atoms with Crippen LogP contribution in [-0.4, -0.2) is 108 Å². The van der Waals surface area contributed by atoms with Gasteiger partial charge in [-0.15, -0.1) is 0 Å². The lowest BCUT2D eigenvalue weighted by molar-refractivity contribution is -0.165. The fourth-order valence-corrected chi connectivity index (χ4v) is 10.3. The molecule has 14 heteroatoms. The Labute approximate surface area is 318 Å². The minimum Gasteiger partial charge on any atom is -0.465 e. The number of esters is 2. The van der Waals surface area contributed by atoms with Crippen LogP contribution in [0.15, 0.2) is 0 Å². The van der Waals surface area contributed by atoms with Crippen LogP contribution < -0.4 is 10.6 Å². The van der Waals surface area contributed by atoms with Gasteiger partial charge in [0, 0.05) is 37.0 Å². The van der Waals surface area contributed by atoms with Crippen LogP contribution in [0.25, 0.3) is 0 Å². The predicted octanol–water partition coefficient (Wildman–Crippen LogP) is 4.70. The normalized spacial score (nSPS) is 35.9. The van der Waals surface area contributed by atoms with Gasteiger partial charge in [-0.3, -0.25) is 29.0 Å². The molecule has 298 valence electrons. The Morgan fingerprint density at radius 1 is 0.574 bits per heavy atom. The molecule has 8 rings (SSSR count). The third-order valence-corrected chi connectivity index (χ3v) is 13.9. The molecule has 6 aliphatic carbocycles. The maximum Gasteiger partial charge on any atom is 0.312 e. The van der Waals surface area contributed by atoms with Gasteiger partial charge >= 0.3 is 11.9 Å². The van der Waals surface area contributed by atoms with Crippen molar-refractivity contribution < 1.29 is 37.4 Å². The molecule has 0 aromatic carbocycles. The van der Waals surface area contributed by atoms with E-state index in [0.717, 1.165) is 38.5 Å². The number of amides is 2. The van der Waals surface area contributed by atoms with Crippen molar-refractivity contribution >= 4 is 23.8 Å². The lowest BCUT2D eigenvalue weighted by Gasteiger charge is -2.52. The number of halogens is 2. The van der Waals surface area contributed by atoms with Gasteiger partial charge in [0.2, 0.25) is 11.8 Å². The van der Waals surface area contributed by atoms with Crippen molar-refractivity contribution in [2.75, 3.05) is 39.4 Å². The third-order valence-electron chi connectivity index (χ3n) is 13.9. The first-order valence-electron chi connectivity index (χ1n) is 20.4. The molecule has 2 aliphatic heterocycles. The number of hydrogen-bond acceptors (Lipinski definition) is 10. The van der Waals surface area contributed by atoms with E-state index >= 15 is 0 Å². The van der Waals surface area contributed by atoms with Crippen LogP contribution in [0.1, 0.15) is 128 Å². The van der Waals surface area contributed by atoms with Crippen LogP contribution in [0.4, 0.5) is 8.78 Å². The average molecular weight is 757 g/mol. The van der Waals surface area contributed by atoms with Crippen molar-refractivity contribution in [3.8, 4) is 12.1 Å². The summed E-state index contributed by atoms with van der Waals surface area (Å²) < 4.78 is 39.0. The van der Waals surface area contributed by atoms with E-state index in [1.54, 1.807) is 9.80 Å². The molecule has 0 unspecified atom stereocenters. The van der Waals surface area contributed by atoms with Crippen molar-refractivity contribution in [2.24, 2.45) is 10.8 Å². The number of rotatable bonds is 17. The van der Waals surface area contributed by atoms with Gasteiger partial charge in [0.05, 0.1) is 49.3 Å². The second kappa shape index (κ2) is 17.2. The van der Waals surface area contributed by atoms with Crippen LogP contribution in [-0.2, 0) is 28.7 Å². The fraction of sp³-hybridized carbons (Fsp3) is 0.850. The minimum atomic E-state index is -1.08. The fourth-order valence-electron chi connectivity index (χ4n) is 10.3. The van der Waals surface area contributed by atoms with Gasteiger partial charge in [-0.25, -0.2) is 8.78 Å². The standard InChI is InChI=1S/C40H58F2N6O6/c41-29-21-31(23-43)47(25-29)27-33(49)45-39-13-7-37(8-14-39,9-15-39)35(51)53-19-5-3-1-2-4-6-20-54-36(52)38-10-16-40(17-11-38,18-12-38)46-34(50)28-48-26-30(42)22-32(48)24-44/h29-32H,1-22,25-28H2,(H,45,49)(H,46,50)/t29-,30-,31-,32-,37?,38?,39?,40?/m0/s1. The van der Waals surface area contributed by atoms with E-state index in [1.165, 1.54) is 0 Å². The lowest BCUT2D eigenvalue weighted by atomic mass is 9.57. The maximum absolute atomic E-state index is 13.8. The van der Waals surface area contributed by atoms with Crippen LogP contribution in [0.2, 0.25) is 0 Å². The molecule has 6 saturated carbocycles. The lowest BCUT2D eigenvalue weighted by Crippen LogP contribution is -2.59. The number of fused-ring (bicyclic) bond motifs is 6. The van der Waals surface area contributed by atoms with E-state index in [1.807, 2.05) is 0 Å². The monoisotopic (exact) mass is 756 g/mol. The number of carbonyl (C=O) groups is 4. The number of nitriles is 2. The van der Waals surface area contributed by atoms with Crippen molar-refractivity contribution in [3.05, 3.63) is 0 Å². The summed E-state index contributed by atoms with van der Waals surface area (Å²) in [7, 11) is 0. The molecule has 12 nitrogen and oxygen atoms in total. The summed E-state index contributed by atoms with van der Waals surface area (Å²) in [5, 5.41) is 24.9. The average Bonchev–Trinajstić information content (AvgIpc) is 3.72. The Hall–Kier alpha value is -3.36. The van der Waals surface area contributed by atoms with Gasteiger partial charge < -0.3 is 20.1 Å². The molecule has 54 heavy (non-hydrogen) atoms. The molecule has 8 aliphatic rings. The second-order valence-electron chi connectivity index (χ2n) is 17.4. The molecule has 2 saturated heterocycles. The van der Waals surface area contributed by atoms with Crippen molar-refractivity contribution in [2.45, 2.75) is 164 Å². The number of carbonyl (C=O) groups excluding carboxylic acids is 4. The van der Waals surface area contributed by atoms with Gasteiger partial charge in [0.25, 0.3) is 0 Å².